The van der Waals surface area contributed by atoms with Crippen LogP contribution in [0.1, 0.15) is 31.1 Å². The molecule has 2 N–H and O–H groups in total. The molecule has 1 unspecified atom stereocenters. The van der Waals surface area contributed by atoms with Crippen LogP contribution < -0.4 is 10.1 Å². The third kappa shape index (κ3) is 5.83. The summed E-state index contributed by atoms with van der Waals surface area (Å²) in [6.07, 6.45) is -1.13. The van der Waals surface area contributed by atoms with Gasteiger partial charge in [0.05, 0.1) is 18.6 Å². The summed E-state index contributed by atoms with van der Waals surface area (Å²) in [7, 11) is 0. The van der Waals surface area contributed by atoms with E-state index in [1.165, 1.54) is 6.07 Å². The molecule has 0 aliphatic rings. The van der Waals surface area contributed by atoms with Gasteiger partial charge in [0.2, 0.25) is 5.91 Å². The molecule has 0 aliphatic heterocycles. The second-order valence-electron chi connectivity index (χ2n) is 5.97. The smallest absolute Gasteiger partial charge is 0.224 e. The molecule has 2 aromatic rings. The second kappa shape index (κ2) is 8.58. The van der Waals surface area contributed by atoms with Gasteiger partial charge in [0, 0.05) is 12.6 Å². The van der Waals surface area contributed by atoms with Crippen molar-refractivity contribution < 1.29 is 23.4 Å². The standard InChI is InChI=1S/C19H21F2NO3/c1-12(2)25-16-5-3-4-14(8-16)18(23)11-22-19(24)9-13-6-7-15(20)10-17(13)21/h3-8,10,12,18,23H,9,11H2,1-2H3,(H,22,24). The van der Waals surface area contributed by atoms with Crippen molar-refractivity contribution in [2.24, 2.45) is 0 Å². The van der Waals surface area contributed by atoms with E-state index in [0.29, 0.717) is 11.3 Å². The number of rotatable bonds is 7. The zero-order valence-corrected chi connectivity index (χ0v) is 14.1. The fraction of sp³-hybridized carbons (Fsp3) is 0.316. The molecule has 4 nitrogen and oxygen atoms in total. The Bertz CT molecular complexity index is 734. The zero-order valence-electron chi connectivity index (χ0n) is 14.1. The normalized spacial score (nSPS) is 12.1. The lowest BCUT2D eigenvalue weighted by Crippen LogP contribution is -2.30. The molecule has 0 saturated heterocycles. The quantitative estimate of drug-likeness (QED) is 0.807. The highest BCUT2D eigenvalue weighted by Gasteiger charge is 2.13. The second-order valence-corrected chi connectivity index (χ2v) is 5.97. The highest BCUT2D eigenvalue weighted by Crippen LogP contribution is 2.20. The lowest BCUT2D eigenvalue weighted by Gasteiger charge is -2.15. The maximum Gasteiger partial charge on any atom is 0.224 e. The van der Waals surface area contributed by atoms with Gasteiger partial charge in [-0.2, -0.15) is 0 Å². The highest BCUT2D eigenvalue weighted by atomic mass is 19.1. The largest absolute Gasteiger partial charge is 0.491 e. The Morgan fingerprint density at radius 3 is 2.64 bits per heavy atom. The molecule has 0 aromatic heterocycles. The number of nitrogens with one attached hydrogen (secondary N) is 1. The number of aliphatic hydroxyl groups excluding tert-OH is 1. The van der Waals surface area contributed by atoms with Gasteiger partial charge >= 0.3 is 0 Å². The molecule has 134 valence electrons. The number of halogens is 2. The van der Waals surface area contributed by atoms with Gasteiger partial charge in [0.15, 0.2) is 0 Å². The number of hydrogen-bond donors (Lipinski definition) is 2. The van der Waals surface area contributed by atoms with Crippen LogP contribution in [0.25, 0.3) is 0 Å². The fourth-order valence-corrected chi connectivity index (χ4v) is 2.30. The maximum atomic E-state index is 13.5. The van der Waals surface area contributed by atoms with Crippen molar-refractivity contribution in [3.05, 3.63) is 65.2 Å². The predicted octanol–water partition coefficient (Wildman–Crippen LogP) is 3.14. The Balaban J connectivity index is 1.90. The summed E-state index contributed by atoms with van der Waals surface area (Å²) in [6.45, 7) is 3.78. The van der Waals surface area contributed by atoms with Crippen molar-refractivity contribution in [1.29, 1.82) is 0 Å². The molecule has 25 heavy (non-hydrogen) atoms. The number of carbonyl (C=O) groups excluding carboxylic acids is 1. The molecule has 0 fully saturated rings. The van der Waals surface area contributed by atoms with E-state index < -0.39 is 23.6 Å². The lowest BCUT2D eigenvalue weighted by molar-refractivity contribution is -0.120. The molecule has 0 heterocycles. The van der Waals surface area contributed by atoms with Crippen molar-refractivity contribution in [3.63, 3.8) is 0 Å². The first-order valence-corrected chi connectivity index (χ1v) is 8.00. The van der Waals surface area contributed by atoms with E-state index in [0.717, 1.165) is 12.1 Å². The first kappa shape index (κ1) is 18.9. The van der Waals surface area contributed by atoms with Crippen molar-refractivity contribution >= 4 is 5.91 Å². The lowest BCUT2D eigenvalue weighted by atomic mass is 10.1. The van der Waals surface area contributed by atoms with Gasteiger partial charge in [-0.15, -0.1) is 0 Å². The average molecular weight is 349 g/mol. The highest BCUT2D eigenvalue weighted by molar-refractivity contribution is 5.78. The van der Waals surface area contributed by atoms with E-state index in [1.807, 2.05) is 13.8 Å². The van der Waals surface area contributed by atoms with Gasteiger partial charge in [-0.3, -0.25) is 4.79 Å². The molecular formula is C19H21F2NO3. The summed E-state index contributed by atoms with van der Waals surface area (Å²) >= 11 is 0. The maximum absolute atomic E-state index is 13.5. The first-order valence-electron chi connectivity index (χ1n) is 8.00. The van der Waals surface area contributed by atoms with Crippen molar-refractivity contribution in [3.8, 4) is 5.75 Å². The molecule has 0 saturated carbocycles. The number of carbonyl (C=O) groups is 1. The summed E-state index contributed by atoms with van der Waals surface area (Å²) in [5.41, 5.74) is 0.701. The SMILES string of the molecule is CC(C)Oc1cccc(C(O)CNC(=O)Cc2ccc(F)cc2F)c1. The topological polar surface area (TPSA) is 58.6 Å². The van der Waals surface area contributed by atoms with E-state index in [9.17, 15) is 18.7 Å². The van der Waals surface area contributed by atoms with Crippen LogP contribution in [0.5, 0.6) is 5.75 Å². The zero-order chi connectivity index (χ0) is 18.4. The molecule has 2 rings (SSSR count). The number of hydrogen-bond acceptors (Lipinski definition) is 3. The van der Waals surface area contributed by atoms with Crippen LogP contribution in [0.3, 0.4) is 0 Å². The minimum atomic E-state index is -0.919. The average Bonchev–Trinajstić information content (AvgIpc) is 2.55. The van der Waals surface area contributed by atoms with Crippen molar-refractivity contribution in [2.45, 2.75) is 32.5 Å². The summed E-state index contributed by atoms with van der Waals surface area (Å²) in [5.74, 6) is -1.29. The van der Waals surface area contributed by atoms with Gasteiger partial charge in [-0.25, -0.2) is 8.78 Å². The van der Waals surface area contributed by atoms with E-state index in [1.54, 1.807) is 24.3 Å². The minimum absolute atomic E-state index is 0.0118. The van der Waals surface area contributed by atoms with Crippen LogP contribution in [-0.4, -0.2) is 23.7 Å². The number of benzene rings is 2. The van der Waals surface area contributed by atoms with Crippen LogP contribution >= 0.6 is 0 Å². The molecule has 1 amide bonds. The van der Waals surface area contributed by atoms with E-state index in [-0.39, 0.29) is 24.6 Å². The Morgan fingerprint density at radius 2 is 1.96 bits per heavy atom. The molecule has 6 heteroatoms. The van der Waals surface area contributed by atoms with Crippen LogP contribution in [0, 0.1) is 11.6 Å². The summed E-state index contributed by atoms with van der Waals surface area (Å²) < 4.78 is 32.0. The molecule has 2 aromatic carbocycles. The van der Waals surface area contributed by atoms with E-state index in [2.05, 4.69) is 5.32 Å². The number of amides is 1. The van der Waals surface area contributed by atoms with Gasteiger partial charge in [-0.1, -0.05) is 18.2 Å². The van der Waals surface area contributed by atoms with E-state index >= 15 is 0 Å². The number of ether oxygens (including phenoxy) is 1. The molecule has 0 radical (unpaired) electrons. The third-order valence-corrected chi connectivity index (χ3v) is 3.47. The van der Waals surface area contributed by atoms with E-state index in [4.69, 9.17) is 4.74 Å². The van der Waals surface area contributed by atoms with Crippen LogP contribution in [0.15, 0.2) is 42.5 Å². The predicted molar refractivity (Wildman–Crippen MR) is 90.2 cm³/mol. The number of aliphatic hydroxyl groups is 1. The Morgan fingerprint density at radius 1 is 1.20 bits per heavy atom. The van der Waals surface area contributed by atoms with Crippen LogP contribution in [-0.2, 0) is 11.2 Å². The fourth-order valence-electron chi connectivity index (χ4n) is 2.30. The molecule has 0 aliphatic carbocycles. The molecule has 0 bridgehead atoms. The summed E-state index contributed by atoms with van der Waals surface area (Å²) in [4.78, 5) is 11.9. The Kier molecular flexibility index (Phi) is 6.47. The van der Waals surface area contributed by atoms with Gasteiger partial charge < -0.3 is 15.2 Å². The molecular weight excluding hydrogens is 328 g/mol. The minimum Gasteiger partial charge on any atom is -0.491 e. The summed E-state index contributed by atoms with van der Waals surface area (Å²) in [6, 6.07) is 10.0. The van der Waals surface area contributed by atoms with Crippen molar-refractivity contribution in [2.75, 3.05) is 6.54 Å². The van der Waals surface area contributed by atoms with Gasteiger partial charge in [0.25, 0.3) is 0 Å². The Hall–Kier alpha value is -2.47. The first-order chi connectivity index (χ1) is 11.8. The Labute approximate surface area is 145 Å². The van der Waals surface area contributed by atoms with Gasteiger partial charge in [-0.05, 0) is 43.2 Å². The summed E-state index contributed by atoms with van der Waals surface area (Å²) in [5, 5.41) is 12.7. The monoisotopic (exact) mass is 349 g/mol. The molecule has 0 spiro atoms. The third-order valence-electron chi connectivity index (χ3n) is 3.47. The van der Waals surface area contributed by atoms with Crippen molar-refractivity contribution in [1.82, 2.24) is 5.32 Å². The van der Waals surface area contributed by atoms with Crippen LogP contribution in [0.4, 0.5) is 8.78 Å². The van der Waals surface area contributed by atoms with Crippen LogP contribution in [0.2, 0.25) is 0 Å². The molecule has 1 atom stereocenters. The van der Waals surface area contributed by atoms with Gasteiger partial charge in [0.1, 0.15) is 17.4 Å².